The highest BCUT2D eigenvalue weighted by Gasteiger charge is 2.50. The first-order chi connectivity index (χ1) is 10.9. The summed E-state index contributed by atoms with van der Waals surface area (Å²) in [5.74, 6) is 1.06. The topological polar surface area (TPSA) is 40.5 Å². The van der Waals surface area contributed by atoms with Gasteiger partial charge in [0.05, 0.1) is 12.2 Å². The van der Waals surface area contributed by atoms with E-state index in [2.05, 4.69) is 25.7 Å². The van der Waals surface area contributed by atoms with Gasteiger partial charge in [0, 0.05) is 0 Å². The van der Waals surface area contributed by atoms with Gasteiger partial charge in [-0.05, 0) is 81.1 Å². The molecule has 0 aliphatic heterocycles. The maximum absolute atomic E-state index is 10.2. The molecule has 0 aromatic heterocycles. The van der Waals surface area contributed by atoms with Crippen LogP contribution >= 0.6 is 0 Å². The molecule has 0 aromatic rings. The van der Waals surface area contributed by atoms with Crippen LogP contribution in [0.2, 0.25) is 0 Å². The van der Waals surface area contributed by atoms with E-state index < -0.39 is 0 Å². The number of hydrogen-bond acceptors (Lipinski definition) is 2. The molecule has 2 N–H and O–H groups in total. The second kappa shape index (κ2) is 6.57. The zero-order chi connectivity index (χ0) is 16.6. The van der Waals surface area contributed by atoms with Crippen LogP contribution in [0, 0.1) is 17.3 Å². The molecule has 0 heterocycles. The minimum Gasteiger partial charge on any atom is -0.393 e. The van der Waals surface area contributed by atoms with Crippen molar-refractivity contribution in [3.63, 3.8) is 0 Å². The van der Waals surface area contributed by atoms with Crippen molar-refractivity contribution in [2.75, 3.05) is 0 Å². The smallest absolute Gasteiger partial charge is 0.0583 e. The van der Waals surface area contributed by atoms with Gasteiger partial charge in [-0.25, -0.2) is 0 Å². The number of fused-ring (bicyclic) bond motifs is 1. The molecule has 3 rings (SSSR count). The molecule has 0 aromatic carbocycles. The first kappa shape index (κ1) is 17.0. The van der Waals surface area contributed by atoms with Gasteiger partial charge in [-0.15, -0.1) is 0 Å². The Hall–Kier alpha value is -0.860. The largest absolute Gasteiger partial charge is 0.393 e. The Kier molecular flexibility index (Phi) is 4.85. The van der Waals surface area contributed by atoms with Crippen molar-refractivity contribution in [1.29, 1.82) is 0 Å². The molecule has 23 heavy (non-hydrogen) atoms. The Bertz CT molecular complexity index is 528. The highest BCUT2D eigenvalue weighted by Crippen LogP contribution is 2.58. The van der Waals surface area contributed by atoms with Crippen LogP contribution in [0.25, 0.3) is 0 Å². The van der Waals surface area contributed by atoms with Crippen LogP contribution in [0.1, 0.15) is 65.2 Å². The van der Waals surface area contributed by atoms with Gasteiger partial charge < -0.3 is 10.2 Å². The lowest BCUT2D eigenvalue weighted by Crippen LogP contribution is -2.37. The zero-order valence-corrected chi connectivity index (χ0v) is 14.7. The third-order valence-corrected chi connectivity index (χ3v) is 6.81. The van der Waals surface area contributed by atoms with E-state index >= 15 is 0 Å². The van der Waals surface area contributed by atoms with Gasteiger partial charge in [0.1, 0.15) is 0 Å². The minimum absolute atomic E-state index is 0.198. The highest BCUT2D eigenvalue weighted by molar-refractivity contribution is 5.36. The Labute approximate surface area is 141 Å². The van der Waals surface area contributed by atoms with E-state index in [-0.39, 0.29) is 17.6 Å². The molecule has 128 valence electrons. The van der Waals surface area contributed by atoms with Gasteiger partial charge in [0.15, 0.2) is 0 Å². The van der Waals surface area contributed by atoms with Crippen LogP contribution in [-0.2, 0) is 0 Å². The van der Waals surface area contributed by atoms with E-state index in [0.717, 1.165) is 25.7 Å². The third kappa shape index (κ3) is 3.21. The molecule has 3 saturated carbocycles. The first-order valence-electron chi connectivity index (χ1n) is 9.35. The fourth-order valence-corrected chi connectivity index (χ4v) is 5.47. The molecule has 2 heteroatoms. The monoisotopic (exact) mass is 316 g/mol. The van der Waals surface area contributed by atoms with Crippen LogP contribution in [-0.4, -0.2) is 22.4 Å². The average molecular weight is 316 g/mol. The maximum Gasteiger partial charge on any atom is 0.0583 e. The second-order valence-corrected chi connectivity index (χ2v) is 8.27. The molecular weight excluding hydrogens is 284 g/mol. The van der Waals surface area contributed by atoms with E-state index in [1.54, 1.807) is 5.57 Å². The molecule has 0 saturated heterocycles. The summed E-state index contributed by atoms with van der Waals surface area (Å²) in [4.78, 5) is 0. The lowest BCUT2D eigenvalue weighted by Gasteiger charge is -2.43. The van der Waals surface area contributed by atoms with Crippen LogP contribution in [0.3, 0.4) is 0 Å². The summed E-state index contributed by atoms with van der Waals surface area (Å²) in [5, 5.41) is 20.1. The Balaban J connectivity index is 1.81. The van der Waals surface area contributed by atoms with E-state index in [1.807, 2.05) is 6.92 Å². The van der Waals surface area contributed by atoms with Crippen molar-refractivity contribution in [3.8, 4) is 0 Å². The van der Waals surface area contributed by atoms with E-state index in [9.17, 15) is 10.2 Å². The normalized spacial score (nSPS) is 43.0. The van der Waals surface area contributed by atoms with E-state index in [4.69, 9.17) is 0 Å². The molecular formula is C21H32O2. The predicted octanol–water partition coefficient (Wildman–Crippen LogP) is 4.54. The summed E-state index contributed by atoms with van der Waals surface area (Å²) in [6, 6.07) is 0. The summed E-state index contributed by atoms with van der Waals surface area (Å²) in [6.45, 7) is 8.53. The Morgan fingerprint density at radius 1 is 1.22 bits per heavy atom. The van der Waals surface area contributed by atoms with Crippen LogP contribution in [0.15, 0.2) is 35.5 Å². The van der Waals surface area contributed by atoms with Crippen LogP contribution in [0.5, 0.6) is 0 Å². The van der Waals surface area contributed by atoms with Gasteiger partial charge in [0.2, 0.25) is 0 Å². The molecule has 5 atom stereocenters. The standard InChI is InChI=1S/C21H32O2/c1-14-6-9-18(23)13-17(14)8-7-16-5-4-12-21(3)19(15(2)22)10-11-20(16)21/h7-8,15,18-20,22-23H,1,4-6,9-13H2,2-3H3/b16-7+,17-8?/t15-,18-,19+,20-,21+/m0/s1. The van der Waals surface area contributed by atoms with Gasteiger partial charge in [-0.1, -0.05) is 36.8 Å². The average Bonchev–Trinajstić information content (AvgIpc) is 2.86. The Morgan fingerprint density at radius 2 is 2.00 bits per heavy atom. The summed E-state index contributed by atoms with van der Waals surface area (Å²) in [5.41, 5.74) is 4.25. The van der Waals surface area contributed by atoms with E-state index in [0.29, 0.717) is 11.8 Å². The van der Waals surface area contributed by atoms with Gasteiger partial charge in [0.25, 0.3) is 0 Å². The maximum atomic E-state index is 10.2. The SMILES string of the molecule is C=C1CC[C@H](O)CC1=C/C=C1\CCC[C@]2(C)[C@@H]([C@H](C)O)CC[C@@H]12. The van der Waals surface area contributed by atoms with Gasteiger partial charge >= 0.3 is 0 Å². The van der Waals surface area contributed by atoms with Crippen molar-refractivity contribution < 1.29 is 10.2 Å². The fraction of sp³-hybridized carbons (Fsp3) is 0.714. The number of aliphatic hydroxyl groups is 2. The molecule has 3 aliphatic carbocycles. The van der Waals surface area contributed by atoms with Gasteiger partial charge in [-0.3, -0.25) is 0 Å². The molecule has 0 bridgehead atoms. The molecule has 3 aliphatic rings. The summed E-state index contributed by atoms with van der Waals surface area (Å²) in [6.07, 6.45) is 12.7. The number of aliphatic hydroxyl groups excluding tert-OH is 2. The van der Waals surface area contributed by atoms with E-state index in [1.165, 1.54) is 36.8 Å². The second-order valence-electron chi connectivity index (χ2n) is 8.27. The number of hydrogen-bond donors (Lipinski definition) is 2. The Morgan fingerprint density at radius 3 is 2.74 bits per heavy atom. The van der Waals surface area contributed by atoms with Crippen molar-refractivity contribution in [2.45, 2.75) is 77.4 Å². The molecule has 0 radical (unpaired) electrons. The molecule has 2 nitrogen and oxygen atoms in total. The predicted molar refractivity (Wildman–Crippen MR) is 95.0 cm³/mol. The quantitative estimate of drug-likeness (QED) is 0.785. The molecule has 0 unspecified atom stereocenters. The van der Waals surface area contributed by atoms with Crippen molar-refractivity contribution in [1.82, 2.24) is 0 Å². The fourth-order valence-electron chi connectivity index (χ4n) is 5.47. The third-order valence-electron chi connectivity index (χ3n) is 6.81. The summed E-state index contributed by atoms with van der Waals surface area (Å²) < 4.78 is 0. The van der Waals surface area contributed by atoms with Crippen LogP contribution < -0.4 is 0 Å². The van der Waals surface area contributed by atoms with Gasteiger partial charge in [-0.2, -0.15) is 0 Å². The lowest BCUT2D eigenvalue weighted by molar-refractivity contribution is 0.0302. The molecule has 0 spiro atoms. The molecule has 0 amide bonds. The lowest BCUT2D eigenvalue weighted by atomic mass is 9.62. The number of allylic oxidation sites excluding steroid dienone is 4. The minimum atomic E-state index is -0.201. The summed E-state index contributed by atoms with van der Waals surface area (Å²) in [7, 11) is 0. The first-order valence-corrected chi connectivity index (χ1v) is 9.35. The van der Waals surface area contributed by atoms with Crippen LogP contribution in [0.4, 0.5) is 0 Å². The summed E-state index contributed by atoms with van der Waals surface area (Å²) >= 11 is 0. The highest BCUT2D eigenvalue weighted by atomic mass is 16.3. The zero-order valence-electron chi connectivity index (χ0n) is 14.7. The number of rotatable bonds is 2. The van der Waals surface area contributed by atoms with Crippen molar-refractivity contribution in [3.05, 3.63) is 35.5 Å². The van der Waals surface area contributed by atoms with Crippen molar-refractivity contribution >= 4 is 0 Å². The van der Waals surface area contributed by atoms with Crippen molar-refractivity contribution in [2.24, 2.45) is 17.3 Å². The molecule has 3 fully saturated rings.